The maximum atomic E-state index is 12.3. The molecule has 1 atom stereocenters. The highest BCUT2D eigenvalue weighted by Gasteiger charge is 2.25. The summed E-state index contributed by atoms with van der Waals surface area (Å²) < 4.78 is 5.74. The monoisotopic (exact) mass is 367 g/mol. The van der Waals surface area contributed by atoms with Gasteiger partial charge in [0.25, 0.3) is 0 Å². The second-order valence-electron chi connectivity index (χ2n) is 6.82. The molecule has 1 saturated heterocycles. The fourth-order valence-electron chi connectivity index (χ4n) is 3.21. The van der Waals surface area contributed by atoms with Gasteiger partial charge in [-0.25, -0.2) is 0 Å². The van der Waals surface area contributed by atoms with E-state index in [-0.39, 0.29) is 24.3 Å². The Morgan fingerprint density at radius 3 is 2.56 bits per heavy atom. The van der Waals surface area contributed by atoms with Crippen molar-refractivity contribution < 1.29 is 14.3 Å². The highest BCUT2D eigenvalue weighted by atomic mass is 16.5. The van der Waals surface area contributed by atoms with E-state index >= 15 is 0 Å². The van der Waals surface area contributed by atoms with E-state index in [4.69, 9.17) is 10.5 Å². The number of ether oxygens (including phenoxy) is 1. The quantitative estimate of drug-likeness (QED) is 0.787. The van der Waals surface area contributed by atoms with Gasteiger partial charge in [-0.3, -0.25) is 14.5 Å². The van der Waals surface area contributed by atoms with Gasteiger partial charge in [0.1, 0.15) is 12.4 Å². The van der Waals surface area contributed by atoms with Gasteiger partial charge >= 0.3 is 0 Å². The van der Waals surface area contributed by atoms with Gasteiger partial charge in [0, 0.05) is 12.2 Å². The maximum Gasteiger partial charge on any atom is 0.238 e. The molecule has 1 aliphatic heterocycles. The molecule has 6 nitrogen and oxygen atoms in total. The van der Waals surface area contributed by atoms with Gasteiger partial charge in [-0.2, -0.15) is 0 Å². The van der Waals surface area contributed by atoms with Crippen LogP contribution in [0.15, 0.2) is 54.6 Å². The first-order valence-electron chi connectivity index (χ1n) is 9.18. The Bertz CT molecular complexity index is 762. The number of anilines is 1. The Morgan fingerprint density at radius 1 is 1.11 bits per heavy atom. The Balaban J connectivity index is 1.46. The number of rotatable bonds is 7. The summed E-state index contributed by atoms with van der Waals surface area (Å²) in [6.45, 7) is 2.12. The smallest absolute Gasteiger partial charge is 0.238 e. The maximum absolute atomic E-state index is 12.3. The normalized spacial score (nSPS) is 17.3. The van der Waals surface area contributed by atoms with Crippen LogP contribution in [0.25, 0.3) is 0 Å². The fourth-order valence-corrected chi connectivity index (χ4v) is 3.21. The molecule has 1 aliphatic rings. The molecule has 27 heavy (non-hydrogen) atoms. The second-order valence-corrected chi connectivity index (χ2v) is 6.82. The topological polar surface area (TPSA) is 84.7 Å². The van der Waals surface area contributed by atoms with Crippen molar-refractivity contribution in [2.45, 2.75) is 19.4 Å². The van der Waals surface area contributed by atoms with E-state index in [1.165, 1.54) is 0 Å². The van der Waals surface area contributed by atoms with Crippen LogP contribution in [0.4, 0.5) is 5.69 Å². The van der Waals surface area contributed by atoms with E-state index < -0.39 is 0 Å². The van der Waals surface area contributed by atoms with Crippen LogP contribution < -0.4 is 15.8 Å². The first kappa shape index (κ1) is 18.9. The molecule has 3 rings (SSSR count). The molecule has 1 heterocycles. The summed E-state index contributed by atoms with van der Waals surface area (Å²) in [6, 6.07) is 17.3. The first-order chi connectivity index (χ1) is 13.1. The highest BCUT2D eigenvalue weighted by Crippen LogP contribution is 2.18. The number of hydrogen-bond acceptors (Lipinski definition) is 4. The van der Waals surface area contributed by atoms with Crippen molar-refractivity contribution in [2.75, 3.05) is 25.0 Å². The van der Waals surface area contributed by atoms with Crippen LogP contribution in [0.3, 0.4) is 0 Å². The van der Waals surface area contributed by atoms with Crippen LogP contribution in [-0.4, -0.2) is 36.3 Å². The van der Waals surface area contributed by atoms with Crippen LogP contribution in [-0.2, 0) is 16.2 Å². The number of carbonyl (C=O) groups is 2. The van der Waals surface area contributed by atoms with Crippen LogP contribution in [0.5, 0.6) is 5.75 Å². The van der Waals surface area contributed by atoms with Gasteiger partial charge in [-0.1, -0.05) is 30.3 Å². The number of nitrogens with one attached hydrogen (secondary N) is 1. The molecule has 0 saturated carbocycles. The van der Waals surface area contributed by atoms with Crippen LogP contribution in [0.1, 0.15) is 18.4 Å². The fraction of sp³-hybridized carbons (Fsp3) is 0.333. The minimum absolute atomic E-state index is 0.0990. The van der Waals surface area contributed by atoms with E-state index in [9.17, 15) is 9.59 Å². The van der Waals surface area contributed by atoms with Crippen LogP contribution >= 0.6 is 0 Å². The summed E-state index contributed by atoms with van der Waals surface area (Å²) in [6.07, 6.45) is 1.69. The standard InChI is InChI=1S/C21H25N3O3/c22-21(26)17-7-4-12-24(13-17)14-20(25)23-18-8-10-19(11-9-18)27-15-16-5-2-1-3-6-16/h1-3,5-6,8-11,17H,4,7,12-15H2,(H2,22,26)(H,23,25)/t17-/m0/s1. The van der Waals surface area contributed by atoms with Crippen molar-refractivity contribution in [3.05, 3.63) is 60.2 Å². The van der Waals surface area contributed by atoms with Gasteiger partial charge in [0.15, 0.2) is 0 Å². The number of nitrogens with zero attached hydrogens (tertiary/aromatic N) is 1. The largest absolute Gasteiger partial charge is 0.489 e. The van der Waals surface area contributed by atoms with Crippen LogP contribution in [0, 0.1) is 5.92 Å². The summed E-state index contributed by atoms with van der Waals surface area (Å²) in [5, 5.41) is 2.88. The third kappa shape index (κ3) is 5.82. The van der Waals surface area contributed by atoms with Gasteiger partial charge in [-0.15, -0.1) is 0 Å². The number of carbonyl (C=O) groups excluding carboxylic acids is 2. The molecule has 142 valence electrons. The molecule has 0 radical (unpaired) electrons. The zero-order valence-corrected chi connectivity index (χ0v) is 15.3. The molecule has 1 fully saturated rings. The SMILES string of the molecule is NC(=O)[C@H]1CCCN(CC(=O)Nc2ccc(OCc3ccccc3)cc2)C1. The van der Waals surface area contributed by atoms with Gasteiger partial charge in [0.05, 0.1) is 12.5 Å². The lowest BCUT2D eigenvalue weighted by Gasteiger charge is -2.30. The van der Waals surface area contributed by atoms with Crippen molar-refractivity contribution in [3.63, 3.8) is 0 Å². The molecular weight excluding hydrogens is 342 g/mol. The molecule has 0 bridgehead atoms. The lowest BCUT2D eigenvalue weighted by atomic mass is 9.97. The Morgan fingerprint density at radius 2 is 1.85 bits per heavy atom. The zero-order valence-electron chi connectivity index (χ0n) is 15.3. The van der Waals surface area contributed by atoms with Gasteiger partial charge in [0.2, 0.25) is 11.8 Å². The summed E-state index contributed by atoms with van der Waals surface area (Å²) in [4.78, 5) is 25.6. The molecule has 2 amide bonds. The third-order valence-electron chi connectivity index (χ3n) is 4.66. The lowest BCUT2D eigenvalue weighted by molar-refractivity contribution is -0.125. The minimum atomic E-state index is -0.286. The minimum Gasteiger partial charge on any atom is -0.489 e. The number of primary amides is 1. The highest BCUT2D eigenvalue weighted by molar-refractivity contribution is 5.92. The van der Waals surface area contributed by atoms with E-state index in [2.05, 4.69) is 5.32 Å². The molecule has 0 spiro atoms. The number of amides is 2. The summed E-state index contributed by atoms with van der Waals surface area (Å²) in [5.74, 6) is 0.203. The summed E-state index contributed by atoms with van der Waals surface area (Å²) >= 11 is 0. The predicted octanol–water partition coefficient (Wildman–Crippen LogP) is 2.40. The number of hydrogen-bond donors (Lipinski definition) is 2. The van der Waals surface area contributed by atoms with E-state index in [1.54, 1.807) is 0 Å². The molecule has 6 heteroatoms. The summed E-state index contributed by atoms with van der Waals surface area (Å²) in [7, 11) is 0. The number of nitrogens with two attached hydrogens (primary N) is 1. The lowest BCUT2D eigenvalue weighted by Crippen LogP contribution is -2.44. The Kier molecular flexibility index (Phi) is 6.44. The van der Waals surface area contributed by atoms with Crippen molar-refractivity contribution in [1.29, 1.82) is 0 Å². The Labute approximate surface area is 159 Å². The molecule has 2 aromatic rings. The molecule has 2 aromatic carbocycles. The number of benzene rings is 2. The van der Waals surface area contributed by atoms with Crippen molar-refractivity contribution in [2.24, 2.45) is 11.7 Å². The van der Waals surface area contributed by atoms with E-state index in [0.29, 0.717) is 13.2 Å². The zero-order chi connectivity index (χ0) is 19.1. The van der Waals surface area contributed by atoms with Crippen molar-refractivity contribution in [3.8, 4) is 5.75 Å². The molecule has 0 unspecified atom stereocenters. The van der Waals surface area contributed by atoms with E-state index in [0.717, 1.165) is 36.4 Å². The third-order valence-corrected chi connectivity index (χ3v) is 4.66. The average molecular weight is 367 g/mol. The summed E-state index contributed by atoms with van der Waals surface area (Å²) in [5.41, 5.74) is 7.20. The average Bonchev–Trinajstić information content (AvgIpc) is 2.68. The van der Waals surface area contributed by atoms with Crippen molar-refractivity contribution >= 4 is 17.5 Å². The molecule has 0 aliphatic carbocycles. The van der Waals surface area contributed by atoms with Crippen molar-refractivity contribution in [1.82, 2.24) is 4.90 Å². The van der Waals surface area contributed by atoms with Gasteiger partial charge < -0.3 is 15.8 Å². The van der Waals surface area contributed by atoms with Gasteiger partial charge in [-0.05, 0) is 49.2 Å². The second kappa shape index (κ2) is 9.19. The van der Waals surface area contributed by atoms with Crippen LogP contribution in [0.2, 0.25) is 0 Å². The molecular formula is C21H25N3O3. The predicted molar refractivity (Wildman–Crippen MR) is 104 cm³/mol. The first-order valence-corrected chi connectivity index (χ1v) is 9.18. The Hall–Kier alpha value is -2.86. The molecule has 3 N–H and O–H groups in total. The number of piperidine rings is 1. The number of likely N-dealkylation sites (tertiary alicyclic amines) is 1. The van der Waals surface area contributed by atoms with E-state index in [1.807, 2.05) is 59.5 Å². The molecule has 0 aromatic heterocycles.